The quantitative estimate of drug-likeness (QED) is 0.226. The molecule has 0 amide bonds. The Kier molecular flexibility index (Phi) is 4.65. The molecule has 0 radical (unpaired) electrons. The van der Waals surface area contributed by atoms with Crippen LogP contribution in [0.5, 0.6) is 0 Å². The third kappa shape index (κ3) is 3.38. The number of hydrogen-bond acceptors (Lipinski definition) is 4. The topological polar surface area (TPSA) is 56.5 Å². The molecule has 1 aromatic heterocycles. The van der Waals surface area contributed by atoms with Crippen molar-refractivity contribution in [3.05, 3.63) is 93.8 Å². The molecule has 0 saturated heterocycles. The minimum Gasteiger partial charge on any atom is -0.462 e. The van der Waals surface area contributed by atoms with Gasteiger partial charge in [-0.05, 0) is 49.4 Å². The Morgan fingerprint density at radius 1 is 0.893 bits per heavy atom. The summed E-state index contributed by atoms with van der Waals surface area (Å²) < 4.78 is 10.5. The maximum absolute atomic E-state index is 12.4. The number of rotatable bonds is 2. The van der Waals surface area contributed by atoms with Gasteiger partial charge in [-0.25, -0.2) is 9.59 Å². The zero-order chi connectivity index (χ0) is 19.5. The summed E-state index contributed by atoms with van der Waals surface area (Å²) in [4.78, 5) is 24.5. The highest BCUT2D eigenvalue weighted by Crippen LogP contribution is 2.25. The Morgan fingerprint density at radius 3 is 2.46 bits per heavy atom. The lowest BCUT2D eigenvalue weighted by Crippen LogP contribution is -2.05. The van der Waals surface area contributed by atoms with E-state index in [1.54, 1.807) is 31.2 Å². The fourth-order valence-electron chi connectivity index (χ4n) is 3.02. The van der Waals surface area contributed by atoms with Gasteiger partial charge < -0.3 is 9.15 Å². The minimum absolute atomic E-state index is 0.297. The summed E-state index contributed by atoms with van der Waals surface area (Å²) in [5.74, 6) is 5.74. The van der Waals surface area contributed by atoms with Crippen LogP contribution in [0.25, 0.3) is 21.7 Å². The van der Waals surface area contributed by atoms with Gasteiger partial charge in [-0.1, -0.05) is 36.1 Å². The molecule has 4 nitrogen and oxygen atoms in total. The second-order valence-electron chi connectivity index (χ2n) is 6.20. The van der Waals surface area contributed by atoms with Gasteiger partial charge in [-0.2, -0.15) is 0 Å². The van der Waals surface area contributed by atoms with E-state index in [4.69, 9.17) is 9.15 Å². The minimum atomic E-state index is -0.435. The molecule has 1 heterocycles. The van der Waals surface area contributed by atoms with Crippen LogP contribution in [0.15, 0.2) is 75.9 Å². The second kappa shape index (κ2) is 7.42. The predicted molar refractivity (Wildman–Crippen MR) is 108 cm³/mol. The third-order valence-electron chi connectivity index (χ3n) is 4.35. The van der Waals surface area contributed by atoms with Gasteiger partial charge in [0.2, 0.25) is 0 Å². The van der Waals surface area contributed by atoms with Crippen molar-refractivity contribution in [1.29, 1.82) is 0 Å². The van der Waals surface area contributed by atoms with Gasteiger partial charge in [0, 0.05) is 21.9 Å². The van der Waals surface area contributed by atoms with Crippen LogP contribution >= 0.6 is 0 Å². The van der Waals surface area contributed by atoms with E-state index in [0.717, 1.165) is 5.56 Å². The fourth-order valence-corrected chi connectivity index (χ4v) is 3.02. The SMILES string of the molecule is CCOC(=O)c1ccc2oc(=O)c3cc(C#Cc4ccccc4)ccc3c2c1. The molecule has 3 aromatic carbocycles. The summed E-state index contributed by atoms with van der Waals surface area (Å²) in [5.41, 5.74) is 2.01. The molecule has 28 heavy (non-hydrogen) atoms. The van der Waals surface area contributed by atoms with Crippen LogP contribution in [0, 0.1) is 11.8 Å². The molecule has 0 aliphatic rings. The molecular weight excluding hydrogens is 352 g/mol. The van der Waals surface area contributed by atoms with E-state index in [9.17, 15) is 9.59 Å². The van der Waals surface area contributed by atoms with Gasteiger partial charge in [-0.15, -0.1) is 0 Å². The average Bonchev–Trinajstić information content (AvgIpc) is 2.73. The van der Waals surface area contributed by atoms with Crippen LogP contribution in [-0.4, -0.2) is 12.6 Å². The van der Waals surface area contributed by atoms with E-state index in [2.05, 4.69) is 11.8 Å². The van der Waals surface area contributed by atoms with Crippen LogP contribution < -0.4 is 5.63 Å². The Balaban J connectivity index is 1.84. The Bertz CT molecular complexity index is 1310. The van der Waals surface area contributed by atoms with Crippen molar-refractivity contribution in [2.45, 2.75) is 6.92 Å². The van der Waals surface area contributed by atoms with E-state index >= 15 is 0 Å². The van der Waals surface area contributed by atoms with Crippen LogP contribution in [0.3, 0.4) is 0 Å². The summed E-state index contributed by atoms with van der Waals surface area (Å²) in [6.45, 7) is 2.05. The first-order valence-electron chi connectivity index (χ1n) is 8.90. The van der Waals surface area contributed by atoms with Crippen molar-refractivity contribution >= 4 is 27.7 Å². The average molecular weight is 368 g/mol. The number of carbonyl (C=O) groups excluding carboxylic acids is 1. The van der Waals surface area contributed by atoms with Crippen molar-refractivity contribution in [1.82, 2.24) is 0 Å². The smallest absolute Gasteiger partial charge is 0.344 e. The van der Waals surface area contributed by atoms with Crippen molar-refractivity contribution in [2.24, 2.45) is 0 Å². The molecule has 0 unspecified atom stereocenters. The first kappa shape index (κ1) is 17.6. The number of ether oxygens (including phenoxy) is 1. The Hall–Kier alpha value is -3.84. The van der Waals surface area contributed by atoms with Gasteiger partial charge >= 0.3 is 11.6 Å². The van der Waals surface area contributed by atoms with Crippen molar-refractivity contribution in [3.8, 4) is 11.8 Å². The molecule has 0 N–H and O–H groups in total. The largest absolute Gasteiger partial charge is 0.462 e. The zero-order valence-corrected chi connectivity index (χ0v) is 15.2. The highest BCUT2D eigenvalue weighted by Gasteiger charge is 2.12. The maximum atomic E-state index is 12.4. The number of benzene rings is 3. The highest BCUT2D eigenvalue weighted by atomic mass is 16.5. The summed E-state index contributed by atoms with van der Waals surface area (Å²) in [6.07, 6.45) is 0. The summed E-state index contributed by atoms with van der Waals surface area (Å²) >= 11 is 0. The number of fused-ring (bicyclic) bond motifs is 3. The molecule has 4 aromatic rings. The summed E-state index contributed by atoms with van der Waals surface area (Å²) in [6, 6.07) is 19.9. The molecule has 136 valence electrons. The standard InChI is InChI=1S/C24H16O4/c1-2-27-23(25)18-11-13-22-20(15-18)19-12-10-17(14-21(19)24(26)28-22)9-8-16-6-4-3-5-7-16/h3-7,10-15H,2H2,1H3. The second-order valence-corrected chi connectivity index (χ2v) is 6.20. The van der Waals surface area contributed by atoms with Crippen LogP contribution in [0.4, 0.5) is 0 Å². The molecule has 0 saturated carbocycles. The van der Waals surface area contributed by atoms with Crippen LogP contribution in [-0.2, 0) is 4.74 Å². The van der Waals surface area contributed by atoms with E-state index < -0.39 is 11.6 Å². The van der Waals surface area contributed by atoms with E-state index in [1.807, 2.05) is 42.5 Å². The van der Waals surface area contributed by atoms with Crippen molar-refractivity contribution in [3.63, 3.8) is 0 Å². The van der Waals surface area contributed by atoms with Crippen LogP contribution in [0.2, 0.25) is 0 Å². The van der Waals surface area contributed by atoms with Gasteiger partial charge in [-0.3, -0.25) is 0 Å². The monoisotopic (exact) mass is 368 g/mol. The fraction of sp³-hybridized carbons (Fsp3) is 0.0833. The van der Waals surface area contributed by atoms with Crippen molar-refractivity contribution < 1.29 is 13.9 Å². The molecule has 0 bridgehead atoms. The van der Waals surface area contributed by atoms with Crippen molar-refractivity contribution in [2.75, 3.05) is 6.61 Å². The van der Waals surface area contributed by atoms with Crippen LogP contribution in [0.1, 0.15) is 28.4 Å². The molecule has 0 aliphatic carbocycles. The lowest BCUT2D eigenvalue weighted by Gasteiger charge is -2.06. The number of carbonyl (C=O) groups is 1. The number of hydrogen-bond donors (Lipinski definition) is 0. The molecule has 0 fully saturated rings. The summed E-state index contributed by atoms with van der Waals surface area (Å²) in [7, 11) is 0. The van der Waals surface area contributed by atoms with Gasteiger partial charge in [0.1, 0.15) is 5.58 Å². The zero-order valence-electron chi connectivity index (χ0n) is 15.2. The highest BCUT2D eigenvalue weighted by molar-refractivity contribution is 6.07. The maximum Gasteiger partial charge on any atom is 0.344 e. The molecular formula is C24H16O4. The predicted octanol–water partition coefficient (Wildman–Crippen LogP) is 4.52. The van der Waals surface area contributed by atoms with E-state index in [0.29, 0.717) is 39.5 Å². The molecule has 4 rings (SSSR count). The molecule has 4 heteroatoms. The lowest BCUT2D eigenvalue weighted by molar-refractivity contribution is 0.0526. The normalized spacial score (nSPS) is 10.5. The molecule has 0 spiro atoms. The van der Waals surface area contributed by atoms with Gasteiger partial charge in [0.15, 0.2) is 0 Å². The lowest BCUT2D eigenvalue weighted by atomic mass is 10.0. The van der Waals surface area contributed by atoms with E-state index in [1.165, 1.54) is 0 Å². The third-order valence-corrected chi connectivity index (χ3v) is 4.35. The Morgan fingerprint density at radius 2 is 1.68 bits per heavy atom. The first-order chi connectivity index (χ1) is 13.7. The first-order valence-corrected chi connectivity index (χ1v) is 8.90. The number of esters is 1. The van der Waals surface area contributed by atoms with Gasteiger partial charge in [0.25, 0.3) is 0 Å². The van der Waals surface area contributed by atoms with E-state index in [-0.39, 0.29) is 0 Å². The molecule has 0 atom stereocenters. The summed E-state index contributed by atoms with van der Waals surface area (Å²) in [5, 5.41) is 1.82. The van der Waals surface area contributed by atoms with Gasteiger partial charge in [0.05, 0.1) is 17.6 Å². The molecule has 0 aliphatic heterocycles. The Labute approximate surface area is 161 Å².